The number of nitrogens with zero attached hydrogens (tertiary/aromatic N) is 4. The van der Waals surface area contributed by atoms with Crippen molar-refractivity contribution in [3.8, 4) is 11.3 Å². The summed E-state index contributed by atoms with van der Waals surface area (Å²) in [6.07, 6.45) is 5.21. The normalized spacial score (nSPS) is 14.0. The topological polar surface area (TPSA) is 96.3 Å². The molecule has 2 aromatic carbocycles. The molecule has 200 valence electrons. The number of carboxylic acid groups (broad SMARTS) is 1. The molecule has 1 aliphatic heterocycles. The second-order valence-electron chi connectivity index (χ2n) is 9.97. The van der Waals surface area contributed by atoms with Gasteiger partial charge in [0.25, 0.3) is 5.91 Å². The molecule has 0 aliphatic carbocycles. The number of aromatic nitrogens is 3. The zero-order chi connectivity index (χ0) is 27.2. The van der Waals surface area contributed by atoms with E-state index in [0.717, 1.165) is 18.4 Å². The van der Waals surface area contributed by atoms with Gasteiger partial charge in [0.2, 0.25) is 0 Å². The number of alkyl halides is 1. The molecule has 0 radical (unpaired) electrons. The number of aryl methyl sites for hydroxylation is 1. The Kier molecular flexibility index (Phi) is 8.20. The van der Waals surface area contributed by atoms with Crippen molar-refractivity contribution < 1.29 is 19.1 Å². The number of amides is 1. The SMILES string of the molecule is O=C(O)CCCCc1nc2cc(C(=O)N3CCC(c4ccccc4)CC3)ccc2nc1-c1ccc(CF)nc1. The molecule has 0 atom stereocenters. The number of benzene rings is 2. The molecule has 1 saturated heterocycles. The highest BCUT2D eigenvalue weighted by molar-refractivity contribution is 5.97. The fraction of sp³-hybridized carbons (Fsp3) is 0.323. The van der Waals surface area contributed by atoms with Gasteiger partial charge in [-0.1, -0.05) is 30.3 Å². The Balaban J connectivity index is 1.38. The summed E-state index contributed by atoms with van der Waals surface area (Å²) < 4.78 is 13.0. The van der Waals surface area contributed by atoms with Crippen LogP contribution in [0.2, 0.25) is 0 Å². The molecular weight excluding hydrogens is 495 g/mol. The van der Waals surface area contributed by atoms with Crippen molar-refractivity contribution in [2.24, 2.45) is 0 Å². The average molecular weight is 527 g/mol. The number of carbonyl (C=O) groups excluding carboxylic acids is 1. The van der Waals surface area contributed by atoms with E-state index in [-0.39, 0.29) is 12.3 Å². The Morgan fingerprint density at radius 3 is 2.44 bits per heavy atom. The fourth-order valence-corrected chi connectivity index (χ4v) is 5.17. The number of piperidine rings is 1. The van der Waals surface area contributed by atoms with Crippen LogP contribution >= 0.6 is 0 Å². The van der Waals surface area contributed by atoms with E-state index in [1.807, 2.05) is 17.0 Å². The van der Waals surface area contributed by atoms with Crippen LogP contribution in [-0.4, -0.2) is 49.9 Å². The summed E-state index contributed by atoms with van der Waals surface area (Å²) in [5, 5.41) is 8.99. The highest BCUT2D eigenvalue weighted by atomic mass is 19.1. The molecule has 0 bridgehead atoms. The fourth-order valence-electron chi connectivity index (χ4n) is 5.17. The molecule has 7 nitrogen and oxygen atoms in total. The first-order valence-corrected chi connectivity index (χ1v) is 13.4. The van der Waals surface area contributed by atoms with Crippen molar-refractivity contribution in [3.63, 3.8) is 0 Å². The first-order valence-electron chi connectivity index (χ1n) is 13.4. The lowest BCUT2D eigenvalue weighted by Gasteiger charge is -2.32. The highest BCUT2D eigenvalue weighted by Gasteiger charge is 2.25. The van der Waals surface area contributed by atoms with Gasteiger partial charge in [0, 0.05) is 36.8 Å². The van der Waals surface area contributed by atoms with Crippen molar-refractivity contribution in [3.05, 3.63) is 89.4 Å². The predicted octanol–water partition coefficient (Wildman–Crippen LogP) is 5.98. The van der Waals surface area contributed by atoms with Gasteiger partial charge in [-0.25, -0.2) is 14.4 Å². The molecule has 3 heterocycles. The lowest BCUT2D eigenvalue weighted by Crippen LogP contribution is -2.37. The van der Waals surface area contributed by atoms with E-state index < -0.39 is 12.6 Å². The number of carboxylic acids is 1. The van der Waals surface area contributed by atoms with Gasteiger partial charge in [-0.2, -0.15) is 0 Å². The summed E-state index contributed by atoms with van der Waals surface area (Å²) in [6.45, 7) is 0.766. The van der Waals surface area contributed by atoms with Gasteiger partial charge < -0.3 is 10.0 Å². The molecule has 5 rings (SSSR count). The summed E-state index contributed by atoms with van der Waals surface area (Å²) in [4.78, 5) is 40.1. The Morgan fingerprint density at radius 2 is 1.74 bits per heavy atom. The third-order valence-corrected chi connectivity index (χ3v) is 7.33. The average Bonchev–Trinajstić information content (AvgIpc) is 2.98. The van der Waals surface area contributed by atoms with Crippen molar-refractivity contribution in [2.75, 3.05) is 13.1 Å². The maximum Gasteiger partial charge on any atom is 0.303 e. The molecule has 1 aliphatic rings. The molecule has 0 saturated carbocycles. The van der Waals surface area contributed by atoms with Crippen LogP contribution in [0, 0.1) is 0 Å². The number of fused-ring (bicyclic) bond motifs is 1. The van der Waals surface area contributed by atoms with Crippen LogP contribution in [0.1, 0.15) is 65.3 Å². The number of hydrogen-bond acceptors (Lipinski definition) is 5. The summed E-state index contributed by atoms with van der Waals surface area (Å²) in [5.74, 6) is -0.376. The largest absolute Gasteiger partial charge is 0.481 e. The number of unbranched alkanes of at least 4 members (excludes halogenated alkanes) is 1. The van der Waals surface area contributed by atoms with Crippen LogP contribution in [0.5, 0.6) is 0 Å². The number of hydrogen-bond donors (Lipinski definition) is 1. The lowest BCUT2D eigenvalue weighted by atomic mass is 9.89. The van der Waals surface area contributed by atoms with E-state index >= 15 is 0 Å². The van der Waals surface area contributed by atoms with E-state index in [0.29, 0.717) is 71.9 Å². The standard InChI is InChI=1S/C31H31FN4O3/c32-19-25-12-10-24(20-33-25)30-27(8-4-5-9-29(37)38)34-28-18-23(11-13-26(28)35-30)31(39)36-16-14-22(15-17-36)21-6-2-1-3-7-21/h1-3,6-7,10-13,18,20,22H,4-5,8-9,14-17,19H2,(H,37,38). The van der Waals surface area contributed by atoms with Crippen molar-refractivity contribution in [1.82, 2.24) is 19.9 Å². The predicted molar refractivity (Wildman–Crippen MR) is 147 cm³/mol. The van der Waals surface area contributed by atoms with E-state index in [1.165, 1.54) is 5.56 Å². The Morgan fingerprint density at radius 1 is 0.949 bits per heavy atom. The molecule has 0 unspecified atom stereocenters. The van der Waals surface area contributed by atoms with E-state index in [2.05, 4.69) is 29.2 Å². The Labute approximate surface area is 226 Å². The number of pyridine rings is 1. The Bertz CT molecular complexity index is 1450. The molecule has 1 fully saturated rings. The van der Waals surface area contributed by atoms with Crippen LogP contribution in [0.25, 0.3) is 22.3 Å². The minimum atomic E-state index is -0.832. The van der Waals surface area contributed by atoms with Crippen LogP contribution in [0.3, 0.4) is 0 Å². The molecule has 8 heteroatoms. The van der Waals surface area contributed by atoms with Crippen LogP contribution in [-0.2, 0) is 17.9 Å². The smallest absolute Gasteiger partial charge is 0.303 e. The quantitative estimate of drug-likeness (QED) is 0.270. The monoisotopic (exact) mass is 526 g/mol. The molecule has 4 aromatic rings. The van der Waals surface area contributed by atoms with E-state index in [4.69, 9.17) is 15.1 Å². The van der Waals surface area contributed by atoms with E-state index in [9.17, 15) is 14.0 Å². The van der Waals surface area contributed by atoms with Gasteiger partial charge in [-0.3, -0.25) is 14.6 Å². The van der Waals surface area contributed by atoms with Gasteiger partial charge in [-0.15, -0.1) is 0 Å². The molecule has 1 amide bonds. The third-order valence-electron chi connectivity index (χ3n) is 7.33. The second-order valence-corrected chi connectivity index (χ2v) is 9.97. The number of aliphatic carboxylic acids is 1. The van der Waals surface area contributed by atoms with Crippen LogP contribution in [0.4, 0.5) is 4.39 Å². The number of rotatable bonds is 9. The highest BCUT2D eigenvalue weighted by Crippen LogP contribution is 2.29. The van der Waals surface area contributed by atoms with Crippen molar-refractivity contribution in [1.29, 1.82) is 0 Å². The molecule has 0 spiro atoms. The summed E-state index contributed by atoms with van der Waals surface area (Å²) in [6, 6.07) is 19.3. The minimum absolute atomic E-state index is 0.0108. The summed E-state index contributed by atoms with van der Waals surface area (Å²) >= 11 is 0. The van der Waals surface area contributed by atoms with Gasteiger partial charge in [-0.05, 0) is 73.9 Å². The number of halogens is 1. The minimum Gasteiger partial charge on any atom is -0.481 e. The lowest BCUT2D eigenvalue weighted by molar-refractivity contribution is -0.137. The number of carbonyl (C=O) groups is 2. The van der Waals surface area contributed by atoms with E-state index in [1.54, 1.807) is 30.5 Å². The van der Waals surface area contributed by atoms with Gasteiger partial charge in [0.05, 0.1) is 28.1 Å². The van der Waals surface area contributed by atoms with Crippen molar-refractivity contribution in [2.45, 2.75) is 51.1 Å². The molecule has 1 N–H and O–H groups in total. The first kappa shape index (κ1) is 26.4. The maximum absolute atomic E-state index is 13.4. The zero-order valence-electron chi connectivity index (χ0n) is 21.7. The number of likely N-dealkylation sites (tertiary alicyclic amines) is 1. The molecule has 2 aromatic heterocycles. The van der Waals surface area contributed by atoms with Crippen molar-refractivity contribution >= 4 is 22.9 Å². The third kappa shape index (κ3) is 6.28. The Hall–Kier alpha value is -4.20. The first-order chi connectivity index (χ1) is 19.0. The second kappa shape index (κ2) is 12.1. The summed E-state index contributed by atoms with van der Waals surface area (Å²) in [7, 11) is 0. The molecular formula is C31H31FN4O3. The van der Waals surface area contributed by atoms with Crippen LogP contribution < -0.4 is 0 Å². The van der Waals surface area contributed by atoms with Gasteiger partial charge in [0.1, 0.15) is 6.67 Å². The van der Waals surface area contributed by atoms with Gasteiger partial charge in [0.15, 0.2) is 0 Å². The zero-order valence-corrected chi connectivity index (χ0v) is 21.7. The molecule has 39 heavy (non-hydrogen) atoms. The van der Waals surface area contributed by atoms with Crippen LogP contribution in [0.15, 0.2) is 66.9 Å². The van der Waals surface area contributed by atoms with Gasteiger partial charge >= 0.3 is 5.97 Å². The maximum atomic E-state index is 13.4. The summed E-state index contributed by atoms with van der Waals surface area (Å²) in [5.41, 5.74) is 5.57.